The summed E-state index contributed by atoms with van der Waals surface area (Å²) in [5, 5.41) is 3.56. The van der Waals surface area contributed by atoms with E-state index in [2.05, 4.69) is 65.1 Å². The summed E-state index contributed by atoms with van der Waals surface area (Å²) in [5.41, 5.74) is 1.89. The van der Waals surface area contributed by atoms with Crippen molar-refractivity contribution in [3.05, 3.63) is 40.4 Å². The SMILES string of the molecule is CC(C)(C)[Si](C)(C)Oc1cccc(Nc2ncnc3cc(Br)sc23)c1. The molecule has 0 atom stereocenters. The van der Waals surface area contributed by atoms with Gasteiger partial charge in [0.25, 0.3) is 0 Å². The van der Waals surface area contributed by atoms with E-state index in [9.17, 15) is 0 Å². The number of nitrogens with one attached hydrogen (secondary N) is 1. The molecule has 7 heteroatoms. The summed E-state index contributed by atoms with van der Waals surface area (Å²) in [6.07, 6.45) is 1.58. The van der Waals surface area contributed by atoms with Crippen molar-refractivity contribution >= 4 is 57.3 Å². The molecular formula is C18H22BrN3OSSi. The van der Waals surface area contributed by atoms with Crippen molar-refractivity contribution in [3.63, 3.8) is 0 Å². The second-order valence-electron chi connectivity index (χ2n) is 7.50. The Hall–Kier alpha value is -1.44. The molecule has 0 bridgehead atoms. The lowest BCUT2D eigenvalue weighted by Gasteiger charge is -2.36. The van der Waals surface area contributed by atoms with Crippen LogP contribution in [-0.4, -0.2) is 18.3 Å². The largest absolute Gasteiger partial charge is 0.543 e. The van der Waals surface area contributed by atoms with Gasteiger partial charge in [-0.1, -0.05) is 26.8 Å². The van der Waals surface area contributed by atoms with Gasteiger partial charge in [-0.15, -0.1) is 11.3 Å². The number of halogens is 1. The van der Waals surface area contributed by atoms with Crippen molar-refractivity contribution in [2.75, 3.05) is 5.32 Å². The fourth-order valence-electron chi connectivity index (χ4n) is 2.14. The molecule has 4 nitrogen and oxygen atoms in total. The maximum absolute atomic E-state index is 6.40. The number of hydrogen-bond donors (Lipinski definition) is 1. The van der Waals surface area contributed by atoms with Crippen molar-refractivity contribution < 1.29 is 4.43 Å². The minimum atomic E-state index is -1.86. The average Bonchev–Trinajstić information content (AvgIpc) is 2.87. The first-order valence-electron chi connectivity index (χ1n) is 8.12. The molecule has 2 aromatic heterocycles. The fraction of sp³-hybridized carbons (Fsp3) is 0.333. The first-order valence-corrected chi connectivity index (χ1v) is 12.6. The van der Waals surface area contributed by atoms with Crippen LogP contribution in [0.5, 0.6) is 5.75 Å². The number of thiophene rings is 1. The van der Waals surface area contributed by atoms with Gasteiger partial charge in [0.2, 0.25) is 8.32 Å². The summed E-state index contributed by atoms with van der Waals surface area (Å²) in [7, 11) is -1.86. The molecule has 3 aromatic rings. The topological polar surface area (TPSA) is 47.0 Å². The third-order valence-electron chi connectivity index (χ3n) is 4.56. The number of benzene rings is 1. The highest BCUT2D eigenvalue weighted by Gasteiger charge is 2.38. The average molecular weight is 436 g/mol. The van der Waals surface area contributed by atoms with E-state index in [1.165, 1.54) is 0 Å². The van der Waals surface area contributed by atoms with Crippen LogP contribution in [0.3, 0.4) is 0 Å². The monoisotopic (exact) mass is 435 g/mol. The highest BCUT2D eigenvalue weighted by atomic mass is 79.9. The van der Waals surface area contributed by atoms with Gasteiger partial charge in [0.1, 0.15) is 12.1 Å². The Morgan fingerprint density at radius 2 is 1.92 bits per heavy atom. The zero-order valence-electron chi connectivity index (χ0n) is 15.1. The maximum atomic E-state index is 6.40. The molecule has 0 spiro atoms. The standard InChI is InChI=1S/C18H22BrN3OSSi/c1-18(2,3)25(4,5)23-13-8-6-7-12(9-13)22-17-16-14(20-11-21-17)10-15(19)24-16/h6-11H,1-5H3,(H,20,21,22). The molecule has 25 heavy (non-hydrogen) atoms. The second-order valence-corrected chi connectivity index (χ2v) is 14.7. The minimum Gasteiger partial charge on any atom is -0.543 e. The summed E-state index contributed by atoms with van der Waals surface area (Å²) < 4.78 is 8.47. The van der Waals surface area contributed by atoms with Crippen LogP contribution in [0.1, 0.15) is 20.8 Å². The molecule has 0 radical (unpaired) electrons. The van der Waals surface area contributed by atoms with Gasteiger partial charge in [0.05, 0.1) is 14.0 Å². The van der Waals surface area contributed by atoms with E-state index in [0.717, 1.165) is 31.3 Å². The fourth-order valence-corrected chi connectivity index (χ4v) is 4.64. The lowest BCUT2D eigenvalue weighted by atomic mass is 10.2. The van der Waals surface area contributed by atoms with Crippen LogP contribution in [0.25, 0.3) is 10.2 Å². The van der Waals surface area contributed by atoms with E-state index in [1.807, 2.05) is 30.3 Å². The molecule has 0 saturated heterocycles. The number of aromatic nitrogens is 2. The molecule has 2 heterocycles. The van der Waals surface area contributed by atoms with E-state index in [-0.39, 0.29) is 5.04 Å². The molecule has 1 N–H and O–H groups in total. The van der Waals surface area contributed by atoms with Gasteiger partial charge < -0.3 is 9.74 Å². The summed E-state index contributed by atoms with van der Waals surface area (Å²) in [5.74, 6) is 1.71. The number of nitrogens with zero attached hydrogens (tertiary/aromatic N) is 2. The number of anilines is 2. The van der Waals surface area contributed by atoms with Crippen LogP contribution in [0, 0.1) is 0 Å². The molecule has 0 amide bonds. The molecule has 0 fully saturated rings. The van der Waals surface area contributed by atoms with E-state index in [1.54, 1.807) is 17.7 Å². The second kappa shape index (κ2) is 6.70. The molecule has 0 aliphatic rings. The molecule has 0 unspecified atom stereocenters. The Morgan fingerprint density at radius 3 is 2.64 bits per heavy atom. The molecule has 0 aliphatic heterocycles. The highest BCUT2D eigenvalue weighted by Crippen LogP contribution is 2.38. The van der Waals surface area contributed by atoms with E-state index >= 15 is 0 Å². The van der Waals surface area contributed by atoms with Gasteiger partial charge in [-0.25, -0.2) is 9.97 Å². The molecule has 3 rings (SSSR count). The summed E-state index contributed by atoms with van der Waals surface area (Å²) in [6.45, 7) is 11.2. The third-order valence-corrected chi connectivity index (χ3v) is 10.5. The van der Waals surface area contributed by atoms with Crippen molar-refractivity contribution in [1.82, 2.24) is 9.97 Å². The Labute approximate surface area is 161 Å². The Morgan fingerprint density at radius 1 is 1.16 bits per heavy atom. The van der Waals surface area contributed by atoms with Crippen LogP contribution in [0.4, 0.5) is 11.5 Å². The lowest BCUT2D eigenvalue weighted by Crippen LogP contribution is -2.43. The van der Waals surface area contributed by atoms with Crippen LogP contribution in [0.2, 0.25) is 18.1 Å². The van der Waals surface area contributed by atoms with Gasteiger partial charge in [0.15, 0.2) is 5.82 Å². The summed E-state index contributed by atoms with van der Waals surface area (Å²) in [6, 6.07) is 10.1. The Balaban J connectivity index is 1.87. The molecular weight excluding hydrogens is 414 g/mol. The van der Waals surface area contributed by atoms with Gasteiger partial charge in [-0.2, -0.15) is 0 Å². The van der Waals surface area contributed by atoms with Crippen molar-refractivity contribution in [2.24, 2.45) is 0 Å². The first kappa shape index (κ1) is 18.4. The van der Waals surface area contributed by atoms with Gasteiger partial charge in [-0.3, -0.25) is 0 Å². The number of fused-ring (bicyclic) bond motifs is 1. The van der Waals surface area contributed by atoms with Crippen molar-refractivity contribution in [2.45, 2.75) is 38.9 Å². The Bertz CT molecular complexity index is 905. The smallest absolute Gasteiger partial charge is 0.250 e. The lowest BCUT2D eigenvalue weighted by molar-refractivity contribution is 0.492. The van der Waals surface area contributed by atoms with Gasteiger partial charge in [-0.05, 0) is 52.3 Å². The molecule has 0 saturated carbocycles. The predicted octanol–water partition coefficient (Wildman–Crippen LogP) is 6.58. The number of rotatable bonds is 4. The number of hydrogen-bond acceptors (Lipinski definition) is 5. The third kappa shape index (κ3) is 4.04. The maximum Gasteiger partial charge on any atom is 0.250 e. The quantitative estimate of drug-likeness (QED) is 0.469. The molecule has 132 valence electrons. The zero-order chi connectivity index (χ0) is 18.2. The van der Waals surface area contributed by atoms with Crippen LogP contribution >= 0.6 is 27.3 Å². The van der Waals surface area contributed by atoms with Gasteiger partial charge >= 0.3 is 0 Å². The molecule has 1 aromatic carbocycles. The van der Waals surface area contributed by atoms with Crippen molar-refractivity contribution in [1.29, 1.82) is 0 Å². The summed E-state index contributed by atoms with van der Waals surface area (Å²) in [4.78, 5) is 8.70. The first-order chi connectivity index (χ1) is 11.7. The predicted molar refractivity (Wildman–Crippen MR) is 113 cm³/mol. The van der Waals surface area contributed by atoms with Crippen LogP contribution in [0.15, 0.2) is 40.4 Å². The van der Waals surface area contributed by atoms with Crippen LogP contribution < -0.4 is 9.74 Å². The minimum absolute atomic E-state index is 0.165. The normalized spacial score (nSPS) is 12.4. The van der Waals surface area contributed by atoms with Crippen LogP contribution in [-0.2, 0) is 0 Å². The van der Waals surface area contributed by atoms with E-state index in [4.69, 9.17) is 4.43 Å². The Kier molecular flexibility index (Phi) is 4.92. The zero-order valence-corrected chi connectivity index (χ0v) is 18.5. The van der Waals surface area contributed by atoms with Gasteiger partial charge in [0, 0.05) is 11.8 Å². The highest BCUT2D eigenvalue weighted by molar-refractivity contribution is 9.11. The van der Waals surface area contributed by atoms with Crippen molar-refractivity contribution in [3.8, 4) is 5.75 Å². The molecule has 0 aliphatic carbocycles. The summed E-state index contributed by atoms with van der Waals surface area (Å²) >= 11 is 5.14. The van der Waals surface area contributed by atoms with E-state index < -0.39 is 8.32 Å². The van der Waals surface area contributed by atoms with E-state index in [0.29, 0.717) is 0 Å².